The van der Waals surface area contributed by atoms with E-state index < -0.39 is 19.9 Å². The summed E-state index contributed by atoms with van der Waals surface area (Å²) in [5, 5.41) is 8.79. The number of esters is 1. The van der Waals surface area contributed by atoms with Crippen LogP contribution in [0.3, 0.4) is 0 Å². The zero-order valence-corrected chi connectivity index (χ0v) is 34.3. The van der Waals surface area contributed by atoms with Crippen LogP contribution < -0.4 is 5.73 Å². The molecule has 0 aliphatic rings. The van der Waals surface area contributed by atoms with Crippen LogP contribution in [0, 0.1) is 0 Å². The third kappa shape index (κ3) is 41.0. The summed E-state index contributed by atoms with van der Waals surface area (Å²) in [4.78, 5) is 22.4. The summed E-state index contributed by atoms with van der Waals surface area (Å²) in [7, 11) is -4.31. The Kier molecular flexibility index (Phi) is 39.6. The topological polar surface area (TPSA) is 138 Å². The van der Waals surface area contributed by atoms with E-state index in [0.29, 0.717) is 6.42 Å². The van der Waals surface area contributed by atoms with Crippen molar-refractivity contribution in [2.24, 2.45) is 5.73 Å². The van der Waals surface area contributed by atoms with Gasteiger partial charge in [0.15, 0.2) is 6.10 Å². The maximum absolute atomic E-state index is 12.5. The number of rotatable bonds is 40. The van der Waals surface area contributed by atoms with E-state index in [1.54, 1.807) is 6.26 Å². The molecule has 0 aromatic heterocycles. The molecular weight excluding hydrogens is 689 g/mol. The number of phosphoric ester groups is 1. The van der Waals surface area contributed by atoms with E-state index in [0.717, 1.165) is 64.2 Å². The van der Waals surface area contributed by atoms with Gasteiger partial charge in [-0.1, -0.05) is 145 Å². The fourth-order valence-corrected chi connectivity index (χ4v) is 6.23. The number of phosphoric acid groups is 1. The second kappa shape index (κ2) is 41.2. The van der Waals surface area contributed by atoms with E-state index in [1.807, 2.05) is 6.08 Å². The lowest BCUT2D eigenvalue weighted by molar-refractivity contribution is -0.153. The van der Waals surface area contributed by atoms with Crippen molar-refractivity contribution in [1.29, 1.82) is 0 Å². The summed E-state index contributed by atoms with van der Waals surface area (Å²) in [6.07, 6.45) is 47.8. The zero-order chi connectivity index (χ0) is 38.8. The van der Waals surface area contributed by atoms with Crippen LogP contribution >= 0.6 is 7.82 Å². The van der Waals surface area contributed by atoms with Gasteiger partial charge < -0.3 is 25.2 Å². The first-order valence-corrected chi connectivity index (χ1v) is 22.4. The number of allylic oxidation sites excluding steroid dienone is 9. The molecule has 0 aromatic rings. The van der Waals surface area contributed by atoms with E-state index >= 15 is 0 Å². The standard InChI is InChI=1S/C43H78NO8P/c1-2-3-4-5-6-7-8-9-10-16-19-22-25-28-31-34-38-49-40-42(41-51-53(47,48)50-39-36-44)52-43(46)35-32-29-26-23-20-17-14-12-11-13-15-18-21-24-27-30-33-37-45/h11,13-14,17-18,21,23,26,34,38,42,45H,2-10,12,15-16,19-20,22,24-25,27-33,35-37,39-41,44H2,1H3,(H,47,48)/b13-11-,17-14-,21-18-,26-23-,38-34-. The molecule has 0 aromatic carbocycles. The quantitative estimate of drug-likeness (QED) is 0.0183. The van der Waals surface area contributed by atoms with Gasteiger partial charge >= 0.3 is 13.8 Å². The van der Waals surface area contributed by atoms with Crippen LogP contribution in [0.25, 0.3) is 0 Å². The largest absolute Gasteiger partial charge is 0.498 e. The molecule has 0 amide bonds. The third-order valence-electron chi connectivity index (χ3n) is 8.56. The summed E-state index contributed by atoms with van der Waals surface area (Å²) < 4.78 is 33.1. The Balaban J connectivity index is 4.20. The summed E-state index contributed by atoms with van der Waals surface area (Å²) in [6, 6.07) is 0. The van der Waals surface area contributed by atoms with Crippen molar-refractivity contribution in [3.8, 4) is 0 Å². The molecule has 0 saturated heterocycles. The summed E-state index contributed by atoms with van der Waals surface area (Å²) in [5.41, 5.74) is 5.35. The number of hydrogen-bond donors (Lipinski definition) is 3. The van der Waals surface area contributed by atoms with E-state index in [2.05, 4.69) is 55.5 Å². The van der Waals surface area contributed by atoms with Gasteiger partial charge in [0.2, 0.25) is 0 Å². The minimum Gasteiger partial charge on any atom is -0.498 e. The normalized spacial score (nSPS) is 14.0. The van der Waals surface area contributed by atoms with Gasteiger partial charge in [-0.3, -0.25) is 13.8 Å². The number of ether oxygens (including phenoxy) is 2. The Bertz CT molecular complexity index is 997. The molecule has 9 nitrogen and oxygen atoms in total. The van der Waals surface area contributed by atoms with Crippen molar-refractivity contribution in [1.82, 2.24) is 0 Å². The maximum atomic E-state index is 12.5. The second-order valence-electron chi connectivity index (χ2n) is 13.6. The molecular formula is C43H78NO8P. The molecule has 0 heterocycles. The van der Waals surface area contributed by atoms with Gasteiger partial charge in [-0.25, -0.2) is 4.57 Å². The molecule has 0 rings (SSSR count). The lowest BCUT2D eigenvalue weighted by Crippen LogP contribution is -2.27. The van der Waals surface area contributed by atoms with E-state index in [-0.39, 0.29) is 39.4 Å². The van der Waals surface area contributed by atoms with Gasteiger partial charge in [-0.15, -0.1) is 0 Å². The monoisotopic (exact) mass is 768 g/mol. The first-order valence-electron chi connectivity index (χ1n) is 20.9. The van der Waals surface area contributed by atoms with Crippen molar-refractivity contribution in [2.45, 2.75) is 174 Å². The number of aliphatic hydroxyl groups excluding tert-OH is 1. The van der Waals surface area contributed by atoms with E-state index in [9.17, 15) is 14.3 Å². The predicted molar refractivity (Wildman–Crippen MR) is 221 cm³/mol. The number of nitrogens with two attached hydrogens (primary N) is 1. The van der Waals surface area contributed by atoms with Crippen LogP contribution in [0.15, 0.2) is 60.9 Å². The van der Waals surface area contributed by atoms with Gasteiger partial charge in [0, 0.05) is 19.6 Å². The van der Waals surface area contributed by atoms with E-state index in [1.165, 1.54) is 83.5 Å². The molecule has 2 unspecified atom stereocenters. The summed E-state index contributed by atoms with van der Waals surface area (Å²) >= 11 is 0. The van der Waals surface area contributed by atoms with Gasteiger partial charge in [0.05, 0.1) is 19.5 Å². The summed E-state index contributed by atoms with van der Waals surface area (Å²) in [5.74, 6) is -0.416. The highest BCUT2D eigenvalue weighted by molar-refractivity contribution is 7.47. The number of carbonyl (C=O) groups is 1. The predicted octanol–water partition coefficient (Wildman–Crippen LogP) is 11.5. The average Bonchev–Trinajstić information content (AvgIpc) is 3.15. The Labute approximate surface area is 324 Å². The van der Waals surface area contributed by atoms with Crippen LogP contribution in [-0.4, -0.2) is 55.0 Å². The molecule has 4 N–H and O–H groups in total. The molecule has 0 aliphatic heterocycles. The van der Waals surface area contributed by atoms with Crippen LogP contribution in [0.4, 0.5) is 0 Å². The fraction of sp³-hybridized carbons (Fsp3) is 0.744. The number of hydrogen-bond acceptors (Lipinski definition) is 8. The minimum atomic E-state index is -4.31. The van der Waals surface area contributed by atoms with Crippen LogP contribution in [0.1, 0.15) is 167 Å². The molecule has 0 radical (unpaired) electrons. The summed E-state index contributed by atoms with van der Waals surface area (Å²) in [6.45, 7) is 2.17. The SMILES string of the molecule is CCCCCCCCCCCCCCCC/C=C\OCC(COP(=O)(O)OCCN)OC(=O)CCC/C=C\C/C=C\C/C=C\C/C=C\CCCCCO. The molecule has 308 valence electrons. The Morgan fingerprint density at radius 3 is 1.62 bits per heavy atom. The van der Waals surface area contributed by atoms with Crippen molar-refractivity contribution in [3.63, 3.8) is 0 Å². The third-order valence-corrected chi connectivity index (χ3v) is 9.54. The highest BCUT2D eigenvalue weighted by Crippen LogP contribution is 2.43. The smallest absolute Gasteiger partial charge is 0.472 e. The van der Waals surface area contributed by atoms with Gasteiger partial charge in [0.1, 0.15) is 6.61 Å². The maximum Gasteiger partial charge on any atom is 0.472 e. The second-order valence-corrected chi connectivity index (χ2v) is 15.1. The van der Waals surface area contributed by atoms with Crippen molar-refractivity contribution < 1.29 is 37.9 Å². The minimum absolute atomic E-state index is 0.00210. The number of aliphatic hydroxyl groups is 1. The highest BCUT2D eigenvalue weighted by Gasteiger charge is 2.25. The van der Waals surface area contributed by atoms with Crippen molar-refractivity contribution in [2.75, 3.05) is 33.0 Å². The molecule has 2 atom stereocenters. The molecule has 0 saturated carbocycles. The van der Waals surface area contributed by atoms with Gasteiger partial charge in [0.25, 0.3) is 0 Å². The number of carbonyl (C=O) groups excluding carboxylic acids is 1. The van der Waals surface area contributed by atoms with Crippen LogP contribution in [-0.2, 0) is 27.9 Å². The molecule has 0 spiro atoms. The fourth-order valence-electron chi connectivity index (χ4n) is 5.46. The first kappa shape index (κ1) is 51.0. The van der Waals surface area contributed by atoms with Gasteiger partial charge in [-0.2, -0.15) is 0 Å². The van der Waals surface area contributed by atoms with Gasteiger partial charge in [-0.05, 0) is 70.3 Å². The first-order chi connectivity index (χ1) is 25.9. The van der Waals surface area contributed by atoms with Crippen LogP contribution in [0.5, 0.6) is 0 Å². The molecule has 0 aliphatic carbocycles. The molecule has 0 bridgehead atoms. The Morgan fingerprint density at radius 1 is 0.623 bits per heavy atom. The lowest BCUT2D eigenvalue weighted by Gasteiger charge is -2.19. The molecule has 10 heteroatoms. The zero-order valence-electron chi connectivity index (χ0n) is 33.4. The molecule has 53 heavy (non-hydrogen) atoms. The van der Waals surface area contributed by atoms with Crippen molar-refractivity contribution in [3.05, 3.63) is 60.9 Å². The van der Waals surface area contributed by atoms with E-state index in [4.69, 9.17) is 29.4 Å². The average molecular weight is 768 g/mol. The van der Waals surface area contributed by atoms with Crippen molar-refractivity contribution >= 4 is 13.8 Å². The molecule has 0 fully saturated rings. The Hall–Kier alpha value is -2.00. The lowest BCUT2D eigenvalue weighted by atomic mass is 10.0. The Morgan fingerprint density at radius 2 is 1.09 bits per heavy atom. The number of unbranched alkanes of at least 4 members (excludes halogenated alkanes) is 18. The van der Waals surface area contributed by atoms with Crippen LogP contribution in [0.2, 0.25) is 0 Å². The highest BCUT2D eigenvalue weighted by atomic mass is 31.2.